The minimum atomic E-state index is -2.81. The molecule has 1 aromatic carbocycles. The van der Waals surface area contributed by atoms with Crippen LogP contribution >= 0.6 is 11.8 Å². The van der Waals surface area contributed by atoms with Gasteiger partial charge in [-0.2, -0.15) is 0 Å². The summed E-state index contributed by atoms with van der Waals surface area (Å²) in [5.41, 5.74) is -3.96. The number of phenols is 1. The molecule has 1 saturated carbocycles. The molecule has 2 aliphatic carbocycles. The summed E-state index contributed by atoms with van der Waals surface area (Å²) < 4.78 is 0. The van der Waals surface area contributed by atoms with Gasteiger partial charge in [0.05, 0.1) is 34.5 Å². The van der Waals surface area contributed by atoms with Crippen molar-refractivity contribution in [2.75, 3.05) is 14.1 Å². The van der Waals surface area contributed by atoms with Crippen LogP contribution in [0.5, 0.6) is 5.75 Å². The van der Waals surface area contributed by atoms with E-state index >= 15 is 0 Å². The molecule has 4 rings (SSSR count). The molecule has 3 aliphatic rings. The number of carbonyl (C=O) groups is 3. The third kappa shape index (κ3) is 2.65. The molecule has 31 heavy (non-hydrogen) atoms. The first-order chi connectivity index (χ1) is 14.4. The Bertz CT molecular complexity index is 1110. The van der Waals surface area contributed by atoms with E-state index in [0.717, 1.165) is 18.7 Å². The van der Waals surface area contributed by atoms with Crippen molar-refractivity contribution in [3.05, 3.63) is 40.7 Å². The number of fused-ring (bicyclic) bond motifs is 3. The highest BCUT2D eigenvalue weighted by atomic mass is 32.2. The molecule has 0 amide bonds. The molecular formula is C21H21NO8S. The number of hydrogen-bond acceptors (Lipinski definition) is 10. The Morgan fingerprint density at radius 2 is 1.81 bits per heavy atom. The van der Waals surface area contributed by atoms with Crippen LogP contribution in [0, 0.1) is 5.92 Å². The van der Waals surface area contributed by atoms with Crippen LogP contribution in [0.1, 0.15) is 12.5 Å². The Balaban J connectivity index is 2.03. The molecule has 2 unspecified atom stereocenters. The second kappa shape index (κ2) is 6.92. The van der Waals surface area contributed by atoms with Gasteiger partial charge in [-0.3, -0.25) is 19.3 Å². The third-order valence-electron chi connectivity index (χ3n) is 6.15. The maximum Gasteiger partial charge on any atom is 0.203 e. The number of nitrogens with zero attached hydrogens (tertiary/aromatic N) is 1. The highest BCUT2D eigenvalue weighted by Crippen LogP contribution is 2.54. The van der Waals surface area contributed by atoms with E-state index < -0.39 is 68.9 Å². The number of hydrogen-bond donors (Lipinski definition) is 5. The Kier molecular flexibility index (Phi) is 4.82. The summed E-state index contributed by atoms with van der Waals surface area (Å²) in [5, 5.41) is 53.4. The number of aromatic hydroxyl groups is 1. The number of aliphatic hydroxyl groups excluding tert-OH is 3. The average molecular weight is 447 g/mol. The summed E-state index contributed by atoms with van der Waals surface area (Å²) in [6, 6.07) is 3.15. The van der Waals surface area contributed by atoms with Gasteiger partial charge in [-0.25, -0.2) is 0 Å². The fraction of sp³-hybridized carbons (Fsp3) is 0.381. The maximum absolute atomic E-state index is 13.5. The van der Waals surface area contributed by atoms with Crippen molar-refractivity contribution in [3.8, 4) is 5.75 Å². The van der Waals surface area contributed by atoms with Crippen LogP contribution in [0.3, 0.4) is 0 Å². The maximum atomic E-state index is 13.5. The van der Waals surface area contributed by atoms with Crippen LogP contribution in [0.15, 0.2) is 40.0 Å². The van der Waals surface area contributed by atoms with E-state index in [9.17, 15) is 39.9 Å². The van der Waals surface area contributed by atoms with Gasteiger partial charge in [0.25, 0.3) is 0 Å². The van der Waals surface area contributed by atoms with Crippen molar-refractivity contribution in [2.24, 2.45) is 5.92 Å². The first-order valence-corrected chi connectivity index (χ1v) is 10.3. The smallest absolute Gasteiger partial charge is 0.203 e. The second-order valence-electron chi connectivity index (χ2n) is 8.12. The van der Waals surface area contributed by atoms with Crippen LogP contribution in [0.4, 0.5) is 0 Å². The first-order valence-electron chi connectivity index (χ1n) is 9.47. The van der Waals surface area contributed by atoms with Crippen LogP contribution < -0.4 is 0 Å². The molecule has 9 nitrogen and oxygen atoms in total. The predicted octanol–water partition coefficient (Wildman–Crippen LogP) is 0.340. The lowest BCUT2D eigenvalue weighted by molar-refractivity contribution is -0.162. The Hall–Kier alpha value is -2.66. The highest BCUT2D eigenvalue weighted by molar-refractivity contribution is 8.00. The molecule has 0 radical (unpaired) electrons. The van der Waals surface area contributed by atoms with Crippen molar-refractivity contribution in [2.45, 2.75) is 34.8 Å². The van der Waals surface area contributed by atoms with Gasteiger partial charge in [-0.05, 0) is 33.2 Å². The van der Waals surface area contributed by atoms with Crippen molar-refractivity contribution in [1.82, 2.24) is 4.90 Å². The number of carbonyl (C=O) groups excluding carboxylic acids is 3. The van der Waals surface area contributed by atoms with E-state index in [2.05, 4.69) is 0 Å². The molecule has 0 spiro atoms. The van der Waals surface area contributed by atoms with Crippen LogP contribution in [0.2, 0.25) is 0 Å². The number of ketones is 3. The Morgan fingerprint density at radius 1 is 1.16 bits per heavy atom. The zero-order chi connectivity index (χ0) is 23.0. The van der Waals surface area contributed by atoms with Crippen LogP contribution in [-0.4, -0.2) is 84.9 Å². The fourth-order valence-corrected chi connectivity index (χ4v) is 6.18. The lowest BCUT2D eigenvalue weighted by Crippen LogP contribution is -2.70. The minimum Gasteiger partial charge on any atom is -0.508 e. The molecule has 5 atom stereocenters. The molecule has 0 bridgehead atoms. The largest absolute Gasteiger partial charge is 0.508 e. The summed E-state index contributed by atoms with van der Waals surface area (Å²) in [5.74, 6) is -6.37. The standard InChI is InChI=1S/C21H21NO8S/c1-7(23)10-16(26)14(22(2)3)13-17(27)18-12(20(29)21(13,30)19(10)28)15(25)11-8(24)5-4-6-9(11)31-18/h4-6,13-14,17-18,24-25,27-28,30H,1-3H3/t13?,14-,17+,18?,21+/m0/s1. The summed E-state index contributed by atoms with van der Waals surface area (Å²) >= 11 is 0.994. The SMILES string of the molecule is CC(=O)C1=C(O)[C@@]2(O)C(=O)C3=C(O)c4c(O)cccc4SC3[C@H](O)C2[C@H](N(C)C)C1=O. The van der Waals surface area contributed by atoms with E-state index in [0.29, 0.717) is 4.90 Å². The predicted molar refractivity (Wildman–Crippen MR) is 110 cm³/mol. The zero-order valence-corrected chi connectivity index (χ0v) is 17.7. The summed E-state index contributed by atoms with van der Waals surface area (Å²) in [7, 11) is 2.98. The topological polar surface area (TPSA) is 156 Å². The fourth-order valence-electron chi connectivity index (χ4n) is 4.79. The van der Waals surface area contributed by atoms with Gasteiger partial charge < -0.3 is 25.5 Å². The molecule has 0 aromatic heterocycles. The lowest BCUT2D eigenvalue weighted by atomic mass is 9.60. The average Bonchev–Trinajstić information content (AvgIpc) is 2.67. The van der Waals surface area contributed by atoms with Gasteiger partial charge in [0.2, 0.25) is 5.78 Å². The number of aliphatic hydroxyl groups is 4. The molecule has 1 fully saturated rings. The molecule has 1 aromatic rings. The third-order valence-corrected chi connectivity index (χ3v) is 7.51. The van der Waals surface area contributed by atoms with E-state index in [-0.39, 0.29) is 11.3 Å². The molecule has 5 N–H and O–H groups in total. The van der Waals surface area contributed by atoms with E-state index in [1.54, 1.807) is 6.07 Å². The quantitative estimate of drug-likeness (QED) is 0.401. The molecule has 0 saturated heterocycles. The summed E-state index contributed by atoms with van der Waals surface area (Å²) in [4.78, 5) is 40.4. The number of benzene rings is 1. The number of rotatable bonds is 2. The number of phenolic OH excluding ortho intramolecular Hbond substituents is 1. The lowest BCUT2D eigenvalue weighted by Gasteiger charge is -2.52. The van der Waals surface area contributed by atoms with E-state index in [1.807, 2.05) is 0 Å². The zero-order valence-electron chi connectivity index (χ0n) is 16.9. The van der Waals surface area contributed by atoms with Gasteiger partial charge in [-0.15, -0.1) is 11.8 Å². The van der Waals surface area contributed by atoms with Crippen LogP contribution in [0.25, 0.3) is 5.76 Å². The summed E-state index contributed by atoms with van der Waals surface area (Å²) in [6.07, 6.45) is -1.56. The molecule has 164 valence electrons. The molecule has 1 heterocycles. The number of likely N-dealkylation sites (N-methyl/N-ethyl adjacent to an activating group) is 1. The van der Waals surface area contributed by atoms with E-state index in [1.165, 1.54) is 31.1 Å². The van der Waals surface area contributed by atoms with Gasteiger partial charge in [0, 0.05) is 4.90 Å². The molecule has 10 heteroatoms. The van der Waals surface area contributed by atoms with Crippen molar-refractivity contribution < 1.29 is 39.9 Å². The first kappa shape index (κ1) is 21.6. The number of Topliss-reactive ketones (excluding diaryl/α,β-unsaturated/α-hetero) is 3. The van der Waals surface area contributed by atoms with Crippen molar-refractivity contribution in [1.29, 1.82) is 0 Å². The van der Waals surface area contributed by atoms with Gasteiger partial charge in [0.1, 0.15) is 22.8 Å². The monoisotopic (exact) mass is 447 g/mol. The Morgan fingerprint density at radius 3 is 2.39 bits per heavy atom. The molecule has 1 aliphatic heterocycles. The van der Waals surface area contributed by atoms with Gasteiger partial charge in [-0.1, -0.05) is 6.07 Å². The van der Waals surface area contributed by atoms with Crippen molar-refractivity contribution in [3.63, 3.8) is 0 Å². The normalized spacial score (nSPS) is 32.7. The van der Waals surface area contributed by atoms with Gasteiger partial charge >= 0.3 is 0 Å². The van der Waals surface area contributed by atoms with E-state index in [4.69, 9.17) is 0 Å². The minimum absolute atomic E-state index is 0.0346. The number of thioether (sulfide) groups is 1. The Labute approximate surface area is 181 Å². The van der Waals surface area contributed by atoms with Crippen LogP contribution in [-0.2, 0) is 14.4 Å². The second-order valence-corrected chi connectivity index (χ2v) is 9.30. The molecular weight excluding hydrogens is 426 g/mol. The van der Waals surface area contributed by atoms with Crippen molar-refractivity contribution >= 4 is 34.9 Å². The highest BCUT2D eigenvalue weighted by Gasteiger charge is 2.67. The van der Waals surface area contributed by atoms with Gasteiger partial charge in [0.15, 0.2) is 17.2 Å². The summed E-state index contributed by atoms with van der Waals surface area (Å²) in [6.45, 7) is 1.02.